The predicted octanol–water partition coefficient (Wildman–Crippen LogP) is 2.14. The van der Waals surface area contributed by atoms with Gasteiger partial charge < -0.3 is 20.1 Å². The number of hydrogen-bond donors (Lipinski definition) is 1. The molecule has 2 aromatic heterocycles. The van der Waals surface area contributed by atoms with Gasteiger partial charge >= 0.3 is 5.97 Å². The first-order chi connectivity index (χ1) is 14.0. The average Bonchev–Trinajstić information content (AvgIpc) is 3.28. The van der Waals surface area contributed by atoms with E-state index < -0.39 is 0 Å². The lowest BCUT2D eigenvalue weighted by atomic mass is 9.76. The van der Waals surface area contributed by atoms with Crippen molar-refractivity contribution >= 4 is 23.0 Å². The molecular formula is C20H30N6O3. The van der Waals surface area contributed by atoms with Gasteiger partial charge in [0.2, 0.25) is 0 Å². The minimum Gasteiger partial charge on any atom is -0.466 e. The number of rotatable bonds is 8. The fourth-order valence-electron chi connectivity index (χ4n) is 4.43. The number of hydrogen-bond acceptors (Lipinski definition) is 8. The molecule has 1 saturated carbocycles. The number of likely N-dealkylation sites (N-methyl/N-ethyl adjacent to an activating group) is 1. The Kier molecular flexibility index (Phi) is 5.96. The predicted molar refractivity (Wildman–Crippen MR) is 108 cm³/mol. The second kappa shape index (κ2) is 8.62. The third-order valence-electron chi connectivity index (χ3n) is 6.17. The van der Waals surface area contributed by atoms with E-state index in [1.807, 2.05) is 11.5 Å². The molecule has 3 heterocycles. The van der Waals surface area contributed by atoms with Crippen molar-refractivity contribution in [3.05, 3.63) is 12.7 Å². The van der Waals surface area contributed by atoms with E-state index >= 15 is 0 Å². The number of nitrogens with zero attached hydrogens (tertiary/aromatic N) is 5. The van der Waals surface area contributed by atoms with Crippen molar-refractivity contribution in [3.8, 4) is 0 Å². The molecule has 9 heteroatoms. The summed E-state index contributed by atoms with van der Waals surface area (Å²) in [5.74, 6) is 0.950. The first-order valence-electron chi connectivity index (χ1n) is 10.5. The van der Waals surface area contributed by atoms with Gasteiger partial charge in [-0.15, -0.1) is 0 Å². The van der Waals surface area contributed by atoms with Crippen LogP contribution in [0.4, 0.5) is 5.82 Å². The maximum absolute atomic E-state index is 11.5. The molecule has 0 aromatic carbocycles. The molecule has 0 amide bonds. The van der Waals surface area contributed by atoms with Crippen LogP contribution in [-0.2, 0) is 14.3 Å². The molecule has 0 unspecified atom stereocenters. The summed E-state index contributed by atoms with van der Waals surface area (Å²) in [4.78, 5) is 26.5. The Morgan fingerprint density at radius 3 is 2.97 bits per heavy atom. The van der Waals surface area contributed by atoms with Crippen LogP contribution >= 0.6 is 0 Å². The molecule has 29 heavy (non-hydrogen) atoms. The van der Waals surface area contributed by atoms with E-state index in [9.17, 15) is 4.79 Å². The normalized spacial score (nSPS) is 26.7. The lowest BCUT2D eigenvalue weighted by Crippen LogP contribution is -2.45. The molecule has 9 nitrogen and oxygen atoms in total. The van der Waals surface area contributed by atoms with Gasteiger partial charge in [0.25, 0.3) is 0 Å². The van der Waals surface area contributed by atoms with Crippen LogP contribution in [0.3, 0.4) is 0 Å². The number of nitrogen functional groups attached to an aromatic ring is 1. The number of imidazole rings is 1. The molecule has 2 aliphatic rings. The van der Waals surface area contributed by atoms with Crippen LogP contribution in [0.15, 0.2) is 12.7 Å². The largest absolute Gasteiger partial charge is 0.466 e. The van der Waals surface area contributed by atoms with E-state index in [2.05, 4.69) is 26.9 Å². The lowest BCUT2D eigenvalue weighted by Gasteiger charge is -2.42. The Morgan fingerprint density at radius 2 is 2.17 bits per heavy atom. The molecule has 158 valence electrons. The number of aromatic nitrogens is 4. The fourth-order valence-corrected chi connectivity index (χ4v) is 4.43. The van der Waals surface area contributed by atoms with E-state index in [-0.39, 0.29) is 18.3 Å². The molecule has 2 atom stereocenters. The molecule has 2 fully saturated rings. The van der Waals surface area contributed by atoms with Crippen molar-refractivity contribution in [2.45, 2.75) is 63.8 Å². The highest BCUT2D eigenvalue weighted by atomic mass is 16.5. The summed E-state index contributed by atoms with van der Waals surface area (Å²) in [5, 5.41) is 0. The third kappa shape index (κ3) is 4.35. The molecule has 1 aliphatic heterocycles. The summed E-state index contributed by atoms with van der Waals surface area (Å²) in [7, 11) is 2.17. The maximum Gasteiger partial charge on any atom is 0.305 e. The second-order valence-corrected chi connectivity index (χ2v) is 8.15. The van der Waals surface area contributed by atoms with Crippen LogP contribution in [0.2, 0.25) is 0 Å². The number of carbonyl (C=O) groups is 1. The quantitative estimate of drug-likeness (QED) is 0.669. The minimum absolute atomic E-state index is 0.0635. The molecule has 2 aromatic rings. The molecule has 0 bridgehead atoms. The van der Waals surface area contributed by atoms with E-state index in [0.29, 0.717) is 36.3 Å². The number of esters is 1. The first kappa shape index (κ1) is 20.0. The highest BCUT2D eigenvalue weighted by molar-refractivity contribution is 5.81. The molecule has 4 rings (SSSR count). The second-order valence-electron chi connectivity index (χ2n) is 8.15. The Bertz CT molecular complexity index is 850. The molecule has 1 aliphatic carbocycles. The zero-order valence-electron chi connectivity index (χ0n) is 17.2. The van der Waals surface area contributed by atoms with Crippen LogP contribution in [0.1, 0.15) is 51.7 Å². The van der Waals surface area contributed by atoms with Crippen LogP contribution < -0.4 is 5.73 Å². The number of fused-ring (bicyclic) bond motifs is 1. The monoisotopic (exact) mass is 402 g/mol. The smallest absolute Gasteiger partial charge is 0.305 e. The number of anilines is 1. The van der Waals surface area contributed by atoms with Crippen LogP contribution in [0.5, 0.6) is 0 Å². The summed E-state index contributed by atoms with van der Waals surface area (Å²) >= 11 is 0. The Labute approximate surface area is 170 Å². The summed E-state index contributed by atoms with van der Waals surface area (Å²) in [6.45, 7) is 3.22. The van der Waals surface area contributed by atoms with Gasteiger partial charge in [-0.25, -0.2) is 15.0 Å². The lowest BCUT2D eigenvalue weighted by molar-refractivity contribution is -0.143. The van der Waals surface area contributed by atoms with Gasteiger partial charge in [0.1, 0.15) is 18.1 Å². The highest BCUT2D eigenvalue weighted by Gasteiger charge is 2.35. The Morgan fingerprint density at radius 1 is 1.34 bits per heavy atom. The van der Waals surface area contributed by atoms with Crippen LogP contribution in [-0.4, -0.2) is 62.7 Å². The molecule has 1 saturated heterocycles. The van der Waals surface area contributed by atoms with Gasteiger partial charge in [-0.05, 0) is 52.0 Å². The molecule has 0 spiro atoms. The SMILES string of the molecule is CCOC(=O)CCC1CC(N(C)C[C@@H]2CC[C@H](n3cnc4c(N)ncnc43)O2)C1. The van der Waals surface area contributed by atoms with Gasteiger partial charge in [0, 0.05) is 19.0 Å². The number of nitrogens with two attached hydrogens (primary N) is 1. The van der Waals surface area contributed by atoms with Gasteiger partial charge in [-0.2, -0.15) is 0 Å². The van der Waals surface area contributed by atoms with Crippen molar-refractivity contribution < 1.29 is 14.3 Å². The third-order valence-corrected chi connectivity index (χ3v) is 6.17. The first-order valence-corrected chi connectivity index (χ1v) is 10.5. The van der Waals surface area contributed by atoms with Crippen molar-refractivity contribution in [1.29, 1.82) is 0 Å². The minimum atomic E-state index is -0.0752. The van der Waals surface area contributed by atoms with Crippen molar-refractivity contribution in [1.82, 2.24) is 24.4 Å². The number of ether oxygens (including phenoxy) is 2. The van der Waals surface area contributed by atoms with E-state index in [1.165, 1.54) is 6.33 Å². The zero-order valence-corrected chi connectivity index (χ0v) is 17.2. The topological polar surface area (TPSA) is 108 Å². The van der Waals surface area contributed by atoms with Gasteiger partial charge in [0.05, 0.1) is 19.0 Å². The summed E-state index contributed by atoms with van der Waals surface area (Å²) in [5.41, 5.74) is 7.23. The highest BCUT2D eigenvalue weighted by Crippen LogP contribution is 2.36. The summed E-state index contributed by atoms with van der Waals surface area (Å²) in [6, 6.07) is 0.575. The van der Waals surface area contributed by atoms with Crippen molar-refractivity contribution in [3.63, 3.8) is 0 Å². The van der Waals surface area contributed by atoms with Crippen LogP contribution in [0.25, 0.3) is 11.2 Å². The summed E-state index contributed by atoms with van der Waals surface area (Å²) < 4.78 is 13.3. The van der Waals surface area contributed by atoms with Crippen molar-refractivity contribution in [2.75, 3.05) is 25.9 Å². The van der Waals surface area contributed by atoms with E-state index in [0.717, 1.165) is 44.3 Å². The van der Waals surface area contributed by atoms with Gasteiger partial charge in [0.15, 0.2) is 11.5 Å². The van der Waals surface area contributed by atoms with Gasteiger partial charge in [-0.1, -0.05) is 0 Å². The Balaban J connectivity index is 1.23. The molecular weight excluding hydrogens is 372 g/mol. The Hall–Kier alpha value is -2.26. The molecule has 2 N–H and O–H groups in total. The van der Waals surface area contributed by atoms with Crippen molar-refractivity contribution in [2.24, 2.45) is 5.92 Å². The van der Waals surface area contributed by atoms with E-state index in [1.54, 1.807) is 6.33 Å². The standard InChI is InChI=1S/C20H30N6O3/c1-3-28-17(27)7-4-13-8-14(9-13)25(2)10-15-5-6-16(29-15)26-12-24-18-19(21)22-11-23-20(18)26/h11-16H,3-10H2,1-2H3,(H2,21,22,23)/t13?,14?,15-,16+/m0/s1. The van der Waals surface area contributed by atoms with Gasteiger partial charge in [-0.3, -0.25) is 9.36 Å². The number of carbonyl (C=O) groups excluding carboxylic acids is 1. The fraction of sp³-hybridized carbons (Fsp3) is 0.700. The maximum atomic E-state index is 11.5. The van der Waals surface area contributed by atoms with E-state index in [4.69, 9.17) is 15.2 Å². The van der Waals surface area contributed by atoms with Crippen LogP contribution in [0, 0.1) is 5.92 Å². The average molecular weight is 402 g/mol. The summed E-state index contributed by atoms with van der Waals surface area (Å²) in [6.07, 6.45) is 9.04. The molecule has 0 radical (unpaired) electrons. The zero-order chi connectivity index (χ0) is 20.4.